The number of benzene rings is 1. The van der Waals surface area contributed by atoms with Crippen LogP contribution in [0.3, 0.4) is 0 Å². The third kappa shape index (κ3) is 2.15. The van der Waals surface area contributed by atoms with Crippen molar-refractivity contribution >= 4 is 21.6 Å². The first kappa shape index (κ1) is 13.0. The lowest BCUT2D eigenvalue weighted by Gasteiger charge is -2.29. The van der Waals surface area contributed by atoms with Crippen molar-refractivity contribution < 1.29 is 0 Å². The Morgan fingerprint density at radius 3 is 3.00 bits per heavy atom. The number of nitrogens with zero attached hydrogens (tertiary/aromatic N) is 2. The molecule has 1 aromatic carbocycles. The largest absolute Gasteiger partial charge is 0.367 e. The zero-order valence-electron chi connectivity index (χ0n) is 11.1. The number of rotatable bonds is 2. The van der Waals surface area contributed by atoms with Crippen LogP contribution >= 0.6 is 15.9 Å². The summed E-state index contributed by atoms with van der Waals surface area (Å²) in [6.45, 7) is 5.69. The van der Waals surface area contributed by atoms with E-state index >= 15 is 0 Å². The first-order valence-corrected chi connectivity index (χ1v) is 7.71. The van der Waals surface area contributed by atoms with E-state index in [2.05, 4.69) is 45.2 Å². The maximum absolute atomic E-state index is 8.96. The van der Waals surface area contributed by atoms with E-state index in [0.29, 0.717) is 11.6 Å². The fraction of sp³-hybridized carbons (Fsp3) is 0.533. The van der Waals surface area contributed by atoms with E-state index in [-0.39, 0.29) is 0 Å². The Labute approximate surface area is 122 Å². The lowest BCUT2D eigenvalue weighted by molar-refractivity contribution is 0.442. The molecular weight excluding hydrogens is 302 g/mol. The van der Waals surface area contributed by atoms with Gasteiger partial charge >= 0.3 is 0 Å². The van der Waals surface area contributed by atoms with E-state index in [1.807, 2.05) is 12.1 Å². The Balaban J connectivity index is 1.92. The fourth-order valence-corrected chi connectivity index (χ4v) is 4.24. The highest BCUT2D eigenvalue weighted by atomic mass is 79.9. The second-order valence-electron chi connectivity index (χ2n) is 5.49. The van der Waals surface area contributed by atoms with Crippen LogP contribution in [0.2, 0.25) is 0 Å². The molecule has 3 nitrogen and oxygen atoms in total. The molecule has 3 rings (SSSR count). The predicted octanol–water partition coefficient (Wildman–Crippen LogP) is 2.75. The normalized spacial score (nSPS) is 29.3. The molecule has 2 saturated heterocycles. The van der Waals surface area contributed by atoms with Crippen LogP contribution in [-0.4, -0.2) is 25.7 Å². The van der Waals surface area contributed by atoms with Gasteiger partial charge in [0, 0.05) is 30.1 Å². The molecule has 0 radical (unpaired) electrons. The summed E-state index contributed by atoms with van der Waals surface area (Å²) in [6, 6.07) is 8.73. The van der Waals surface area contributed by atoms with Gasteiger partial charge in [0.05, 0.1) is 17.3 Å². The Hall–Kier alpha value is -1.05. The predicted molar refractivity (Wildman–Crippen MR) is 80.1 cm³/mol. The van der Waals surface area contributed by atoms with E-state index < -0.39 is 0 Å². The van der Waals surface area contributed by atoms with Crippen LogP contribution in [-0.2, 0) is 0 Å². The van der Waals surface area contributed by atoms with Crippen LogP contribution in [0, 0.1) is 23.2 Å². The van der Waals surface area contributed by atoms with E-state index in [4.69, 9.17) is 5.26 Å². The maximum Gasteiger partial charge on any atom is 0.0992 e. The molecule has 0 saturated carbocycles. The summed E-state index contributed by atoms with van der Waals surface area (Å²) in [5.74, 6) is 1.54. The van der Waals surface area contributed by atoms with Crippen molar-refractivity contribution in [2.24, 2.45) is 11.8 Å². The van der Waals surface area contributed by atoms with Crippen molar-refractivity contribution in [1.82, 2.24) is 5.32 Å². The van der Waals surface area contributed by atoms with E-state index in [1.54, 1.807) is 0 Å². The van der Waals surface area contributed by atoms with Gasteiger partial charge in [-0.25, -0.2) is 0 Å². The second kappa shape index (κ2) is 5.15. The van der Waals surface area contributed by atoms with Crippen LogP contribution < -0.4 is 10.2 Å². The molecule has 4 heteroatoms. The molecule has 3 unspecified atom stereocenters. The van der Waals surface area contributed by atoms with Crippen LogP contribution in [0.5, 0.6) is 0 Å². The molecule has 3 atom stereocenters. The average Bonchev–Trinajstić information content (AvgIpc) is 2.98. The molecule has 0 amide bonds. The summed E-state index contributed by atoms with van der Waals surface area (Å²) in [4.78, 5) is 2.53. The van der Waals surface area contributed by atoms with Gasteiger partial charge in [0.2, 0.25) is 0 Å². The lowest BCUT2D eigenvalue weighted by atomic mass is 9.93. The minimum atomic E-state index is 0.615. The molecule has 1 aromatic rings. The van der Waals surface area contributed by atoms with Crippen LogP contribution in [0.4, 0.5) is 5.69 Å². The highest BCUT2D eigenvalue weighted by molar-refractivity contribution is 9.10. The van der Waals surface area contributed by atoms with Crippen LogP contribution in [0.25, 0.3) is 0 Å². The van der Waals surface area contributed by atoms with Crippen molar-refractivity contribution in [1.29, 1.82) is 5.26 Å². The molecule has 1 N–H and O–H groups in total. The first-order chi connectivity index (χ1) is 9.24. The molecule has 2 aliphatic heterocycles. The number of fused-ring (bicyclic) bond motifs is 1. The number of halogens is 1. The van der Waals surface area contributed by atoms with E-state index in [9.17, 15) is 0 Å². The molecule has 0 bridgehead atoms. The number of hydrogen-bond donors (Lipinski definition) is 1. The summed E-state index contributed by atoms with van der Waals surface area (Å²) in [6.07, 6.45) is 1.18. The molecule has 2 aliphatic rings. The zero-order chi connectivity index (χ0) is 13.4. The average molecular weight is 320 g/mol. The fourth-order valence-electron chi connectivity index (χ4n) is 3.63. The lowest BCUT2D eigenvalue weighted by Crippen LogP contribution is -2.35. The van der Waals surface area contributed by atoms with Gasteiger partial charge in [-0.3, -0.25) is 0 Å². The monoisotopic (exact) mass is 319 g/mol. The highest BCUT2D eigenvalue weighted by Crippen LogP contribution is 2.40. The molecule has 19 heavy (non-hydrogen) atoms. The molecule has 100 valence electrons. The van der Waals surface area contributed by atoms with Crippen molar-refractivity contribution in [3.63, 3.8) is 0 Å². The summed E-state index contributed by atoms with van der Waals surface area (Å²) >= 11 is 3.63. The standard InChI is InChI=1S/C15H18BrN3/c1-2-14-12-8-18-7-11(12)9-19(14)15-4-3-10(6-17)5-13(15)16/h3-5,11-12,14,18H,2,7-9H2,1H3. The number of hydrogen-bond acceptors (Lipinski definition) is 3. The van der Waals surface area contributed by atoms with E-state index in [0.717, 1.165) is 35.9 Å². The van der Waals surface area contributed by atoms with Gasteiger partial charge in [-0.1, -0.05) is 6.92 Å². The highest BCUT2D eigenvalue weighted by Gasteiger charge is 2.43. The van der Waals surface area contributed by atoms with Gasteiger partial charge < -0.3 is 10.2 Å². The van der Waals surface area contributed by atoms with Gasteiger partial charge in [-0.2, -0.15) is 5.26 Å². The van der Waals surface area contributed by atoms with Crippen molar-refractivity contribution in [2.75, 3.05) is 24.5 Å². The summed E-state index contributed by atoms with van der Waals surface area (Å²) < 4.78 is 1.04. The number of nitriles is 1. The van der Waals surface area contributed by atoms with Crippen molar-refractivity contribution in [3.05, 3.63) is 28.2 Å². The molecule has 0 spiro atoms. The molecule has 0 aliphatic carbocycles. The summed E-state index contributed by atoms with van der Waals surface area (Å²) in [7, 11) is 0. The minimum absolute atomic E-state index is 0.615. The summed E-state index contributed by atoms with van der Waals surface area (Å²) in [5.41, 5.74) is 1.95. The molecule has 2 fully saturated rings. The van der Waals surface area contributed by atoms with Gasteiger partial charge in [0.25, 0.3) is 0 Å². The second-order valence-corrected chi connectivity index (χ2v) is 6.34. The summed E-state index contributed by atoms with van der Waals surface area (Å²) in [5, 5.41) is 12.5. The number of nitrogens with one attached hydrogen (secondary N) is 1. The van der Waals surface area contributed by atoms with Gasteiger partial charge in [0.1, 0.15) is 0 Å². The Kier molecular flexibility index (Phi) is 3.51. The maximum atomic E-state index is 8.96. The smallest absolute Gasteiger partial charge is 0.0992 e. The Morgan fingerprint density at radius 2 is 2.32 bits per heavy atom. The van der Waals surface area contributed by atoms with Crippen molar-refractivity contribution in [3.8, 4) is 6.07 Å². The zero-order valence-corrected chi connectivity index (χ0v) is 12.7. The van der Waals surface area contributed by atoms with Crippen molar-refractivity contribution in [2.45, 2.75) is 19.4 Å². The Morgan fingerprint density at radius 1 is 1.47 bits per heavy atom. The topological polar surface area (TPSA) is 39.1 Å². The Bertz CT molecular complexity index is 523. The third-order valence-corrected chi connectivity index (χ3v) is 5.16. The minimum Gasteiger partial charge on any atom is -0.367 e. The third-order valence-electron chi connectivity index (χ3n) is 4.52. The molecule has 2 heterocycles. The van der Waals surface area contributed by atoms with Gasteiger partial charge in [-0.15, -0.1) is 0 Å². The number of anilines is 1. The first-order valence-electron chi connectivity index (χ1n) is 6.91. The quantitative estimate of drug-likeness (QED) is 0.911. The van der Waals surface area contributed by atoms with E-state index in [1.165, 1.54) is 12.1 Å². The SMILES string of the molecule is CCC1C2CNCC2CN1c1ccc(C#N)cc1Br. The van der Waals surface area contributed by atoms with Crippen LogP contribution in [0.1, 0.15) is 18.9 Å². The van der Waals surface area contributed by atoms with Gasteiger partial charge in [-0.05, 0) is 52.4 Å². The van der Waals surface area contributed by atoms with Gasteiger partial charge in [0.15, 0.2) is 0 Å². The molecule has 0 aromatic heterocycles. The molecular formula is C15H18BrN3. The van der Waals surface area contributed by atoms with Crippen LogP contribution in [0.15, 0.2) is 22.7 Å².